The van der Waals surface area contributed by atoms with E-state index in [0.717, 1.165) is 31.7 Å². The van der Waals surface area contributed by atoms with Gasteiger partial charge in [-0.1, -0.05) is 6.07 Å². The van der Waals surface area contributed by atoms with Crippen LogP contribution in [0.2, 0.25) is 0 Å². The van der Waals surface area contributed by atoms with Gasteiger partial charge in [-0.25, -0.2) is 0 Å². The standard InChI is InChI=1S/C19H23N3O2/c1-3-16(11-21-7-1)14-24-18-13-22(12-15-5-8-20-9-6-15)17-4-2-10-23-19(17)18/h1,3,5-9,11,17-19H,2,4,10,12-14H2/t17-,18+,19+/m0/s1. The van der Waals surface area contributed by atoms with E-state index in [0.29, 0.717) is 12.6 Å². The minimum atomic E-state index is 0.123. The molecule has 0 unspecified atom stereocenters. The quantitative estimate of drug-likeness (QED) is 0.845. The number of hydrogen-bond donors (Lipinski definition) is 0. The predicted molar refractivity (Wildman–Crippen MR) is 90.2 cm³/mol. The van der Waals surface area contributed by atoms with Crippen molar-refractivity contribution in [2.75, 3.05) is 13.2 Å². The number of pyridine rings is 2. The molecule has 0 spiro atoms. The van der Waals surface area contributed by atoms with Gasteiger partial charge in [-0.15, -0.1) is 0 Å². The van der Waals surface area contributed by atoms with Crippen molar-refractivity contribution in [1.82, 2.24) is 14.9 Å². The highest BCUT2D eigenvalue weighted by Gasteiger charge is 2.44. The summed E-state index contributed by atoms with van der Waals surface area (Å²) in [6.45, 7) is 3.28. The lowest BCUT2D eigenvalue weighted by atomic mass is 10.0. The molecule has 2 aliphatic rings. The third kappa shape index (κ3) is 3.48. The van der Waals surface area contributed by atoms with Crippen LogP contribution in [0, 0.1) is 0 Å². The topological polar surface area (TPSA) is 47.5 Å². The van der Waals surface area contributed by atoms with Crippen LogP contribution in [0.15, 0.2) is 49.1 Å². The zero-order valence-corrected chi connectivity index (χ0v) is 13.8. The molecule has 2 aliphatic heterocycles. The zero-order valence-electron chi connectivity index (χ0n) is 13.8. The fourth-order valence-corrected chi connectivity index (χ4v) is 3.74. The van der Waals surface area contributed by atoms with Gasteiger partial charge in [0, 0.05) is 50.5 Å². The van der Waals surface area contributed by atoms with Crippen LogP contribution < -0.4 is 0 Å². The highest BCUT2D eigenvalue weighted by atomic mass is 16.5. The highest BCUT2D eigenvalue weighted by molar-refractivity contribution is 5.12. The van der Waals surface area contributed by atoms with Gasteiger partial charge in [-0.05, 0) is 42.2 Å². The summed E-state index contributed by atoms with van der Waals surface area (Å²) < 4.78 is 12.3. The summed E-state index contributed by atoms with van der Waals surface area (Å²) >= 11 is 0. The van der Waals surface area contributed by atoms with Crippen molar-refractivity contribution in [3.63, 3.8) is 0 Å². The Bertz CT molecular complexity index is 638. The first-order valence-corrected chi connectivity index (χ1v) is 8.65. The molecule has 3 atom stereocenters. The van der Waals surface area contributed by atoms with Crippen molar-refractivity contribution >= 4 is 0 Å². The van der Waals surface area contributed by atoms with Gasteiger partial charge in [0.1, 0.15) is 6.10 Å². The maximum Gasteiger partial charge on any atom is 0.100 e. The van der Waals surface area contributed by atoms with Gasteiger partial charge >= 0.3 is 0 Å². The first kappa shape index (κ1) is 15.7. The Labute approximate surface area is 142 Å². The van der Waals surface area contributed by atoms with Crippen LogP contribution >= 0.6 is 0 Å². The molecule has 2 saturated heterocycles. The zero-order chi connectivity index (χ0) is 16.2. The average Bonchev–Trinajstić information content (AvgIpc) is 3.00. The van der Waals surface area contributed by atoms with Crippen LogP contribution in [0.3, 0.4) is 0 Å². The van der Waals surface area contributed by atoms with Crippen LogP contribution in [0.5, 0.6) is 0 Å². The lowest BCUT2D eigenvalue weighted by Gasteiger charge is -2.32. The van der Waals surface area contributed by atoms with Gasteiger partial charge in [-0.2, -0.15) is 0 Å². The number of likely N-dealkylation sites (tertiary alicyclic amines) is 1. The van der Waals surface area contributed by atoms with Gasteiger partial charge in [-0.3, -0.25) is 14.9 Å². The van der Waals surface area contributed by atoms with E-state index < -0.39 is 0 Å². The smallest absolute Gasteiger partial charge is 0.100 e. The van der Waals surface area contributed by atoms with Crippen molar-refractivity contribution in [3.05, 3.63) is 60.2 Å². The molecule has 2 fully saturated rings. The van der Waals surface area contributed by atoms with Gasteiger partial charge < -0.3 is 9.47 Å². The van der Waals surface area contributed by atoms with Crippen LogP contribution in [0.4, 0.5) is 0 Å². The maximum absolute atomic E-state index is 6.21. The lowest BCUT2D eigenvalue weighted by molar-refractivity contribution is -0.0819. The van der Waals surface area contributed by atoms with Gasteiger partial charge in [0.25, 0.3) is 0 Å². The second-order valence-corrected chi connectivity index (χ2v) is 6.54. The largest absolute Gasteiger partial charge is 0.374 e. The fourth-order valence-electron chi connectivity index (χ4n) is 3.74. The number of hydrogen-bond acceptors (Lipinski definition) is 5. The molecule has 2 aromatic heterocycles. The number of fused-ring (bicyclic) bond motifs is 1. The lowest BCUT2D eigenvalue weighted by Crippen LogP contribution is -2.41. The first-order valence-electron chi connectivity index (χ1n) is 8.65. The number of rotatable bonds is 5. The summed E-state index contributed by atoms with van der Waals surface area (Å²) in [7, 11) is 0. The molecule has 4 heterocycles. The second kappa shape index (κ2) is 7.38. The van der Waals surface area contributed by atoms with E-state index in [2.05, 4.69) is 33.1 Å². The Hall–Kier alpha value is -1.82. The summed E-state index contributed by atoms with van der Waals surface area (Å²) in [6, 6.07) is 8.62. The van der Waals surface area contributed by atoms with Gasteiger partial charge in [0.15, 0.2) is 0 Å². The Kier molecular flexibility index (Phi) is 4.83. The van der Waals surface area contributed by atoms with Crippen molar-refractivity contribution in [3.8, 4) is 0 Å². The average molecular weight is 325 g/mol. The molecule has 0 aromatic carbocycles. The molecule has 5 heteroatoms. The molecule has 0 N–H and O–H groups in total. The Morgan fingerprint density at radius 2 is 2.04 bits per heavy atom. The van der Waals surface area contributed by atoms with Crippen LogP contribution in [-0.2, 0) is 22.6 Å². The third-order valence-electron chi connectivity index (χ3n) is 4.91. The van der Waals surface area contributed by atoms with E-state index in [1.807, 2.05) is 24.7 Å². The van der Waals surface area contributed by atoms with Crippen molar-refractivity contribution in [1.29, 1.82) is 0 Å². The van der Waals surface area contributed by atoms with Crippen LogP contribution in [-0.4, -0.2) is 46.3 Å². The minimum absolute atomic E-state index is 0.123. The van der Waals surface area contributed by atoms with Crippen molar-refractivity contribution in [2.24, 2.45) is 0 Å². The monoisotopic (exact) mass is 325 g/mol. The molecule has 24 heavy (non-hydrogen) atoms. The van der Waals surface area contributed by atoms with Gasteiger partial charge in [0.2, 0.25) is 0 Å². The molecule has 4 rings (SSSR count). The second-order valence-electron chi connectivity index (χ2n) is 6.54. The third-order valence-corrected chi connectivity index (χ3v) is 4.91. The predicted octanol–water partition coefficient (Wildman–Crippen LogP) is 2.43. The first-order chi connectivity index (χ1) is 11.9. The minimum Gasteiger partial charge on any atom is -0.374 e. The Balaban J connectivity index is 1.43. The molecule has 0 aliphatic carbocycles. The SMILES string of the molecule is c1cncc(CO[C@@H]2CN(Cc3ccncc3)[C@H]3CCCO[C@@H]23)c1. The molecular formula is C19H23N3O2. The summed E-state index contributed by atoms with van der Waals surface area (Å²) in [5, 5.41) is 0. The molecule has 0 radical (unpaired) electrons. The fraction of sp³-hybridized carbons (Fsp3) is 0.474. The van der Waals surface area contributed by atoms with E-state index in [9.17, 15) is 0 Å². The molecule has 0 saturated carbocycles. The van der Waals surface area contributed by atoms with Gasteiger partial charge in [0.05, 0.1) is 12.7 Å². The van der Waals surface area contributed by atoms with Crippen LogP contribution in [0.25, 0.3) is 0 Å². The van der Waals surface area contributed by atoms with E-state index in [4.69, 9.17) is 9.47 Å². The van der Waals surface area contributed by atoms with Crippen molar-refractivity contribution < 1.29 is 9.47 Å². The summed E-state index contributed by atoms with van der Waals surface area (Å²) in [5.41, 5.74) is 2.40. The van der Waals surface area contributed by atoms with E-state index in [1.54, 1.807) is 6.20 Å². The van der Waals surface area contributed by atoms with Crippen molar-refractivity contribution in [2.45, 2.75) is 44.2 Å². The number of aromatic nitrogens is 2. The summed E-state index contributed by atoms with van der Waals surface area (Å²) in [5.74, 6) is 0. The Morgan fingerprint density at radius 1 is 1.12 bits per heavy atom. The van der Waals surface area contributed by atoms with Crippen LogP contribution in [0.1, 0.15) is 24.0 Å². The number of ether oxygens (including phenoxy) is 2. The molecule has 0 amide bonds. The van der Waals surface area contributed by atoms with E-state index >= 15 is 0 Å². The Morgan fingerprint density at radius 3 is 2.88 bits per heavy atom. The van der Waals surface area contributed by atoms with E-state index in [1.165, 1.54) is 12.0 Å². The maximum atomic E-state index is 6.21. The highest BCUT2D eigenvalue weighted by Crippen LogP contribution is 2.32. The normalized spacial score (nSPS) is 27.1. The molecule has 0 bridgehead atoms. The summed E-state index contributed by atoms with van der Waals surface area (Å²) in [6.07, 6.45) is 9.98. The molecule has 2 aromatic rings. The van der Waals surface area contributed by atoms with E-state index in [-0.39, 0.29) is 12.2 Å². The number of nitrogens with zero attached hydrogens (tertiary/aromatic N) is 3. The molecular weight excluding hydrogens is 302 g/mol. The summed E-state index contributed by atoms with van der Waals surface area (Å²) in [4.78, 5) is 10.8. The molecule has 5 nitrogen and oxygen atoms in total. The molecule has 126 valence electrons.